The fourth-order valence-corrected chi connectivity index (χ4v) is 5.56. The predicted octanol–water partition coefficient (Wildman–Crippen LogP) is 6.24. The number of amides is 2. The summed E-state index contributed by atoms with van der Waals surface area (Å²) in [7, 11) is 4.00. The van der Waals surface area contributed by atoms with E-state index in [-0.39, 0.29) is 46.0 Å². The van der Waals surface area contributed by atoms with Gasteiger partial charge in [0.1, 0.15) is 24.4 Å². The zero-order valence-electron chi connectivity index (χ0n) is 22.8. The lowest BCUT2D eigenvalue weighted by molar-refractivity contribution is -0.153. The van der Waals surface area contributed by atoms with Crippen molar-refractivity contribution in [1.29, 1.82) is 0 Å². The van der Waals surface area contributed by atoms with Crippen LogP contribution in [0.5, 0.6) is 11.5 Å². The summed E-state index contributed by atoms with van der Waals surface area (Å²) in [4.78, 5) is 42.3. The van der Waals surface area contributed by atoms with E-state index in [1.54, 1.807) is 30.3 Å². The smallest absolute Gasteiger partial charge is 0.410 e. The third-order valence-corrected chi connectivity index (χ3v) is 8.01. The van der Waals surface area contributed by atoms with Crippen LogP contribution >= 0.6 is 50.7 Å². The molecule has 0 radical (unpaired) electrons. The summed E-state index contributed by atoms with van der Waals surface area (Å²) in [6.45, 7) is -0.0289. The number of aromatic hydroxyl groups is 2. The van der Waals surface area contributed by atoms with Crippen LogP contribution in [0.15, 0.2) is 59.1 Å². The monoisotopic (exact) mass is 700 g/mol. The Morgan fingerprint density at radius 1 is 0.810 bits per heavy atom. The first-order chi connectivity index (χ1) is 19.8. The normalized spacial score (nSPS) is 12.3. The summed E-state index contributed by atoms with van der Waals surface area (Å²) in [5.74, 6) is -1.81. The molecule has 13 heteroatoms. The van der Waals surface area contributed by atoms with Gasteiger partial charge >= 0.3 is 12.1 Å². The highest BCUT2D eigenvalue weighted by Gasteiger charge is 2.36. The van der Waals surface area contributed by atoms with E-state index < -0.39 is 30.1 Å². The first-order valence-corrected chi connectivity index (χ1v) is 14.4. The molecule has 0 saturated carbocycles. The average Bonchev–Trinajstić information content (AvgIpc) is 2.97. The van der Waals surface area contributed by atoms with Crippen molar-refractivity contribution in [2.24, 2.45) is 0 Å². The Hall–Kier alpha value is -3.18. The van der Waals surface area contributed by atoms with Gasteiger partial charge in [-0.3, -0.25) is 9.69 Å². The van der Waals surface area contributed by atoms with Gasteiger partial charge in [0, 0.05) is 26.9 Å². The first-order valence-electron chi connectivity index (χ1n) is 12.5. The largest absolute Gasteiger partial charge is 0.505 e. The number of hydrogen-bond donors (Lipinski definition) is 2. The second kappa shape index (κ2) is 14.8. The van der Waals surface area contributed by atoms with Crippen LogP contribution in [0.2, 0.25) is 15.1 Å². The van der Waals surface area contributed by atoms with Gasteiger partial charge in [-0.25, -0.2) is 9.59 Å². The van der Waals surface area contributed by atoms with Gasteiger partial charge in [0.15, 0.2) is 5.75 Å². The summed E-state index contributed by atoms with van der Waals surface area (Å²) in [5.41, 5.74) is 1.73. The molecule has 3 aromatic carbocycles. The fourth-order valence-electron chi connectivity index (χ4n) is 4.16. The molecule has 0 fully saturated rings. The highest BCUT2D eigenvalue weighted by atomic mass is 79.9. The molecule has 2 amide bonds. The molecule has 42 heavy (non-hydrogen) atoms. The van der Waals surface area contributed by atoms with Crippen LogP contribution in [0.4, 0.5) is 4.79 Å². The van der Waals surface area contributed by atoms with Gasteiger partial charge in [-0.1, -0.05) is 65.1 Å². The Labute approximate surface area is 266 Å². The molecule has 0 saturated heterocycles. The second-order valence-corrected chi connectivity index (χ2v) is 11.5. The number of benzene rings is 3. The SMILES string of the molecule is COC(=O)[C@H](Cc1cc(Cl)c(O)c(Br)c1)N(C)C(=O)[C@H](Cc1cc(Cl)c(O)c(Cl)c1)N(C)C(=O)OCc1ccccc1. The van der Waals surface area contributed by atoms with E-state index in [1.807, 2.05) is 6.07 Å². The van der Waals surface area contributed by atoms with Crippen LogP contribution in [-0.4, -0.2) is 71.3 Å². The van der Waals surface area contributed by atoms with Crippen molar-refractivity contribution >= 4 is 68.7 Å². The predicted molar refractivity (Wildman–Crippen MR) is 163 cm³/mol. The number of nitrogens with zero attached hydrogens (tertiary/aromatic N) is 2. The quantitative estimate of drug-likeness (QED) is 0.240. The van der Waals surface area contributed by atoms with Crippen molar-refractivity contribution in [3.8, 4) is 11.5 Å². The Morgan fingerprint density at radius 2 is 1.33 bits per heavy atom. The maximum absolute atomic E-state index is 14.0. The number of rotatable bonds is 10. The zero-order chi connectivity index (χ0) is 31.1. The van der Waals surface area contributed by atoms with Gasteiger partial charge in [-0.05, 0) is 56.9 Å². The average molecular weight is 703 g/mol. The Bertz CT molecular complexity index is 1410. The Balaban J connectivity index is 1.94. The van der Waals surface area contributed by atoms with Gasteiger partial charge < -0.3 is 24.6 Å². The lowest BCUT2D eigenvalue weighted by atomic mass is 10.0. The maximum Gasteiger partial charge on any atom is 0.410 e. The number of ether oxygens (including phenoxy) is 2. The van der Waals surface area contributed by atoms with E-state index in [4.69, 9.17) is 44.3 Å². The Morgan fingerprint density at radius 3 is 1.88 bits per heavy atom. The molecule has 0 aliphatic rings. The number of hydrogen-bond acceptors (Lipinski definition) is 7. The number of likely N-dealkylation sites (N-methyl/N-ethyl adjacent to an activating group) is 2. The van der Waals surface area contributed by atoms with E-state index in [0.29, 0.717) is 15.6 Å². The molecular weight excluding hydrogens is 675 g/mol. The molecule has 2 atom stereocenters. The van der Waals surface area contributed by atoms with E-state index in [1.165, 1.54) is 44.3 Å². The maximum atomic E-state index is 14.0. The van der Waals surface area contributed by atoms with Gasteiger partial charge in [0.05, 0.1) is 26.7 Å². The topological polar surface area (TPSA) is 117 Å². The number of carbonyl (C=O) groups is 3. The first kappa shape index (κ1) is 33.3. The summed E-state index contributed by atoms with van der Waals surface area (Å²) in [5, 5.41) is 20.0. The molecule has 0 bridgehead atoms. The third-order valence-electron chi connectivity index (χ3n) is 6.55. The minimum absolute atomic E-state index is 0.0146. The molecule has 0 unspecified atom stereocenters. The van der Waals surface area contributed by atoms with Gasteiger partial charge in [0.25, 0.3) is 0 Å². The summed E-state index contributed by atoms with van der Waals surface area (Å²) >= 11 is 21.6. The lowest BCUT2D eigenvalue weighted by Crippen LogP contribution is -2.54. The number of carbonyl (C=O) groups excluding carboxylic acids is 3. The highest BCUT2D eigenvalue weighted by molar-refractivity contribution is 9.10. The molecule has 3 aromatic rings. The molecule has 3 rings (SSSR count). The number of esters is 1. The van der Waals surface area contributed by atoms with Crippen LogP contribution < -0.4 is 0 Å². The minimum Gasteiger partial charge on any atom is -0.505 e. The molecule has 0 aliphatic heterocycles. The molecule has 2 N–H and O–H groups in total. The fraction of sp³-hybridized carbons (Fsp3) is 0.276. The Kier molecular flexibility index (Phi) is 11.8. The number of methoxy groups -OCH3 is 1. The summed E-state index contributed by atoms with van der Waals surface area (Å²) < 4.78 is 10.7. The minimum atomic E-state index is -1.18. The van der Waals surface area contributed by atoms with Crippen molar-refractivity contribution in [2.45, 2.75) is 31.5 Å². The molecule has 0 aromatic heterocycles. The second-order valence-electron chi connectivity index (χ2n) is 9.38. The number of phenols is 2. The highest BCUT2D eigenvalue weighted by Crippen LogP contribution is 2.35. The van der Waals surface area contributed by atoms with E-state index in [0.717, 1.165) is 10.5 Å². The van der Waals surface area contributed by atoms with Crippen LogP contribution in [0, 0.1) is 0 Å². The molecule has 224 valence electrons. The van der Waals surface area contributed by atoms with E-state index >= 15 is 0 Å². The third kappa shape index (κ3) is 8.22. The standard InChI is InChI=1S/C29H28BrCl3N2O7/c1-34(24(28(39)41-3)14-17-9-19(30)25(36)20(31)10-17)27(38)23(13-18-11-21(32)26(37)22(33)12-18)35(2)29(40)42-15-16-7-5-4-6-8-16/h4-12,23-24,36-37H,13-15H2,1-3H3/t23-,24-/m0/s1. The van der Waals surface area contributed by atoms with Crippen LogP contribution in [0.1, 0.15) is 16.7 Å². The molecule has 0 spiro atoms. The van der Waals surface area contributed by atoms with Gasteiger partial charge in [-0.2, -0.15) is 0 Å². The molecule has 0 heterocycles. The van der Waals surface area contributed by atoms with Crippen molar-refractivity contribution < 1.29 is 34.1 Å². The molecular formula is C29H28BrCl3N2O7. The number of phenolic OH excluding ortho intramolecular Hbond substituents is 2. The van der Waals surface area contributed by atoms with Crippen molar-refractivity contribution in [3.63, 3.8) is 0 Å². The zero-order valence-corrected chi connectivity index (χ0v) is 26.7. The van der Waals surface area contributed by atoms with Gasteiger partial charge in [-0.15, -0.1) is 0 Å². The van der Waals surface area contributed by atoms with Crippen LogP contribution in [0.3, 0.4) is 0 Å². The van der Waals surface area contributed by atoms with E-state index in [2.05, 4.69) is 15.9 Å². The van der Waals surface area contributed by atoms with E-state index in [9.17, 15) is 24.6 Å². The van der Waals surface area contributed by atoms with Gasteiger partial charge in [0.2, 0.25) is 5.91 Å². The van der Waals surface area contributed by atoms with Crippen molar-refractivity contribution in [2.75, 3.05) is 21.2 Å². The summed E-state index contributed by atoms with van der Waals surface area (Å²) in [6.07, 6.45) is -0.880. The van der Waals surface area contributed by atoms with Crippen molar-refractivity contribution in [3.05, 3.63) is 90.8 Å². The summed E-state index contributed by atoms with van der Waals surface area (Å²) in [6, 6.07) is 12.6. The lowest BCUT2D eigenvalue weighted by Gasteiger charge is -2.33. The molecule has 0 aliphatic carbocycles. The van der Waals surface area contributed by atoms with Crippen molar-refractivity contribution in [1.82, 2.24) is 9.80 Å². The van der Waals surface area contributed by atoms with Crippen LogP contribution in [-0.2, 0) is 38.5 Å². The van der Waals surface area contributed by atoms with Crippen LogP contribution in [0.25, 0.3) is 0 Å². The molecule has 9 nitrogen and oxygen atoms in total. The number of halogens is 4.